The molecule has 0 saturated carbocycles. The molecular weight excluding hydrogens is 310 g/mol. The molecule has 0 spiro atoms. The summed E-state index contributed by atoms with van der Waals surface area (Å²) >= 11 is 0. The first-order chi connectivity index (χ1) is 11.8. The van der Waals surface area contributed by atoms with Gasteiger partial charge in [-0.15, -0.1) is 0 Å². The smallest absolute Gasteiger partial charge is 0.231 e. The Morgan fingerprint density at radius 3 is 2.50 bits per heavy atom. The Bertz CT molecular complexity index is 1130. The summed E-state index contributed by atoms with van der Waals surface area (Å²) < 4.78 is 22.5. The molecule has 3 heterocycles. The van der Waals surface area contributed by atoms with Crippen molar-refractivity contribution in [1.82, 2.24) is 0 Å². The number of ketones is 1. The van der Waals surface area contributed by atoms with Crippen molar-refractivity contribution in [2.75, 3.05) is 13.6 Å². The summed E-state index contributed by atoms with van der Waals surface area (Å²) in [5.41, 5.74) is 1.31. The zero-order valence-corrected chi connectivity index (χ0v) is 12.3. The van der Waals surface area contributed by atoms with Gasteiger partial charge in [0.25, 0.3) is 0 Å². The Kier molecular flexibility index (Phi) is 2.02. The summed E-state index contributed by atoms with van der Waals surface area (Å²) in [6.45, 7) is 0.301. The SMILES string of the molecule is O=C1C=Nc2cc3ccc4c(c3c3c5c(cc1c23)OCO5)OCO4. The van der Waals surface area contributed by atoms with Gasteiger partial charge in [0, 0.05) is 21.7 Å². The standard InChI is InChI=1S/C18H9NO5/c20-11-5-19-10-3-8-1-2-12-17(23-6-21-12)14(8)16-15(10)9(11)4-13-18(16)24-7-22-13/h1-5H,6-7H2. The predicted octanol–water partition coefficient (Wildman–Crippen LogP) is 3.35. The summed E-state index contributed by atoms with van der Waals surface area (Å²) in [7, 11) is 0. The fraction of sp³-hybridized carbons (Fsp3) is 0.111. The molecule has 0 aliphatic carbocycles. The Morgan fingerprint density at radius 1 is 0.833 bits per heavy atom. The molecule has 3 aliphatic heterocycles. The summed E-state index contributed by atoms with van der Waals surface area (Å²) in [6.07, 6.45) is 1.35. The van der Waals surface area contributed by atoms with Crippen LogP contribution in [0.2, 0.25) is 0 Å². The number of nitrogens with zero attached hydrogens (tertiary/aromatic N) is 1. The normalized spacial score (nSPS) is 16.4. The highest BCUT2D eigenvalue weighted by molar-refractivity contribution is 6.43. The van der Waals surface area contributed by atoms with Crippen LogP contribution in [0.4, 0.5) is 5.69 Å². The third kappa shape index (κ3) is 1.32. The Labute approximate surface area is 135 Å². The second-order valence-corrected chi connectivity index (χ2v) is 5.82. The van der Waals surface area contributed by atoms with Gasteiger partial charge >= 0.3 is 0 Å². The molecule has 0 N–H and O–H groups in total. The number of rotatable bonds is 0. The van der Waals surface area contributed by atoms with Crippen LogP contribution in [0.5, 0.6) is 23.0 Å². The summed E-state index contributed by atoms with van der Waals surface area (Å²) in [5, 5.41) is 3.36. The lowest BCUT2D eigenvalue weighted by Gasteiger charge is -2.16. The maximum absolute atomic E-state index is 12.3. The van der Waals surface area contributed by atoms with Crippen LogP contribution in [0.1, 0.15) is 10.4 Å². The van der Waals surface area contributed by atoms with Gasteiger partial charge in [0.05, 0.1) is 11.9 Å². The van der Waals surface area contributed by atoms with E-state index in [9.17, 15) is 4.79 Å². The van der Waals surface area contributed by atoms with Crippen LogP contribution in [-0.2, 0) is 0 Å². The lowest BCUT2D eigenvalue weighted by molar-refractivity contribution is 0.107. The third-order valence-electron chi connectivity index (χ3n) is 4.62. The van der Waals surface area contributed by atoms with Crippen molar-refractivity contribution in [2.24, 2.45) is 4.99 Å². The van der Waals surface area contributed by atoms with Crippen molar-refractivity contribution in [3.8, 4) is 23.0 Å². The van der Waals surface area contributed by atoms with Crippen molar-refractivity contribution in [1.29, 1.82) is 0 Å². The van der Waals surface area contributed by atoms with E-state index in [-0.39, 0.29) is 19.4 Å². The van der Waals surface area contributed by atoms with E-state index in [1.54, 1.807) is 6.07 Å². The van der Waals surface area contributed by atoms with Gasteiger partial charge in [-0.25, -0.2) is 0 Å². The number of benzene rings is 3. The fourth-order valence-electron chi connectivity index (χ4n) is 3.63. The highest BCUT2D eigenvalue weighted by atomic mass is 16.7. The molecule has 116 valence electrons. The molecule has 0 fully saturated rings. The predicted molar refractivity (Wildman–Crippen MR) is 86.2 cm³/mol. The molecule has 0 amide bonds. The van der Waals surface area contributed by atoms with Crippen molar-refractivity contribution in [3.05, 3.63) is 29.8 Å². The Balaban J connectivity index is 1.94. The van der Waals surface area contributed by atoms with Crippen LogP contribution in [0.3, 0.4) is 0 Å². The molecule has 6 rings (SSSR count). The maximum atomic E-state index is 12.3. The zero-order valence-electron chi connectivity index (χ0n) is 12.3. The first-order valence-corrected chi connectivity index (χ1v) is 7.51. The monoisotopic (exact) mass is 319 g/mol. The minimum Gasteiger partial charge on any atom is -0.454 e. The first kappa shape index (κ1) is 12.2. The van der Waals surface area contributed by atoms with Gasteiger partial charge in [0.2, 0.25) is 19.4 Å². The number of carbonyl (C=O) groups excluding carboxylic acids is 1. The molecular formula is C18H9NO5. The number of ether oxygens (including phenoxy) is 4. The molecule has 0 aromatic heterocycles. The van der Waals surface area contributed by atoms with Gasteiger partial charge in [-0.1, -0.05) is 6.07 Å². The molecule has 3 aliphatic rings. The number of hydrogen-bond donors (Lipinski definition) is 0. The van der Waals surface area contributed by atoms with Crippen molar-refractivity contribution in [3.63, 3.8) is 0 Å². The maximum Gasteiger partial charge on any atom is 0.231 e. The van der Waals surface area contributed by atoms with E-state index >= 15 is 0 Å². The number of aliphatic imine (C=N–C) groups is 1. The van der Waals surface area contributed by atoms with Crippen LogP contribution in [0, 0.1) is 0 Å². The zero-order chi connectivity index (χ0) is 15.8. The van der Waals surface area contributed by atoms with E-state index in [0.29, 0.717) is 28.6 Å². The summed E-state index contributed by atoms with van der Waals surface area (Å²) in [6, 6.07) is 7.52. The molecule has 0 atom stereocenters. The topological polar surface area (TPSA) is 66.4 Å². The number of fused-ring (bicyclic) bond motifs is 6. The number of Topliss-reactive ketones (excluding diaryl/α,β-unsaturated/α-hetero) is 1. The number of hydrogen-bond acceptors (Lipinski definition) is 6. The average molecular weight is 319 g/mol. The lowest BCUT2D eigenvalue weighted by atomic mass is 9.92. The van der Waals surface area contributed by atoms with Crippen LogP contribution in [0.15, 0.2) is 29.3 Å². The quantitative estimate of drug-likeness (QED) is 0.595. The van der Waals surface area contributed by atoms with E-state index in [4.69, 9.17) is 18.9 Å². The second-order valence-electron chi connectivity index (χ2n) is 5.82. The molecule has 3 aromatic rings. The second kappa shape index (κ2) is 3.97. The van der Waals surface area contributed by atoms with E-state index < -0.39 is 0 Å². The Hall–Kier alpha value is -3.28. The van der Waals surface area contributed by atoms with Gasteiger partial charge in [0.1, 0.15) is 0 Å². The summed E-state index contributed by atoms with van der Waals surface area (Å²) in [4.78, 5) is 16.7. The van der Waals surface area contributed by atoms with Gasteiger partial charge in [-0.3, -0.25) is 9.79 Å². The van der Waals surface area contributed by atoms with Gasteiger partial charge in [-0.2, -0.15) is 0 Å². The third-order valence-corrected chi connectivity index (χ3v) is 4.62. The highest BCUT2D eigenvalue weighted by Crippen LogP contribution is 2.52. The average Bonchev–Trinajstić information content (AvgIpc) is 3.25. The van der Waals surface area contributed by atoms with Crippen LogP contribution in [0.25, 0.3) is 21.5 Å². The van der Waals surface area contributed by atoms with E-state index in [0.717, 1.165) is 27.2 Å². The molecule has 24 heavy (non-hydrogen) atoms. The fourth-order valence-corrected chi connectivity index (χ4v) is 3.63. The molecule has 3 aromatic carbocycles. The molecule has 6 nitrogen and oxygen atoms in total. The van der Waals surface area contributed by atoms with Crippen molar-refractivity contribution >= 4 is 39.2 Å². The van der Waals surface area contributed by atoms with Gasteiger partial charge < -0.3 is 18.9 Å². The molecule has 0 bridgehead atoms. The van der Waals surface area contributed by atoms with Crippen molar-refractivity contribution in [2.45, 2.75) is 0 Å². The Morgan fingerprint density at radius 2 is 1.62 bits per heavy atom. The molecule has 0 unspecified atom stereocenters. The number of carbonyl (C=O) groups is 1. The van der Waals surface area contributed by atoms with Crippen LogP contribution in [-0.4, -0.2) is 25.6 Å². The molecule has 0 radical (unpaired) electrons. The van der Waals surface area contributed by atoms with E-state index in [1.807, 2.05) is 18.2 Å². The largest absolute Gasteiger partial charge is 0.454 e. The van der Waals surface area contributed by atoms with Gasteiger partial charge in [-0.05, 0) is 23.6 Å². The van der Waals surface area contributed by atoms with Crippen LogP contribution < -0.4 is 18.9 Å². The highest BCUT2D eigenvalue weighted by Gasteiger charge is 2.30. The first-order valence-electron chi connectivity index (χ1n) is 7.51. The minimum absolute atomic E-state index is 0.126. The van der Waals surface area contributed by atoms with E-state index in [2.05, 4.69) is 4.99 Å². The summed E-state index contributed by atoms with van der Waals surface area (Å²) in [5.74, 6) is 2.39. The van der Waals surface area contributed by atoms with E-state index in [1.165, 1.54) is 6.21 Å². The van der Waals surface area contributed by atoms with Crippen molar-refractivity contribution < 1.29 is 23.7 Å². The minimum atomic E-state index is -0.144. The molecule has 6 heteroatoms. The van der Waals surface area contributed by atoms with Gasteiger partial charge in [0.15, 0.2) is 23.0 Å². The van der Waals surface area contributed by atoms with Crippen LogP contribution >= 0.6 is 0 Å². The lowest BCUT2D eigenvalue weighted by Crippen LogP contribution is -2.05. The molecule has 0 saturated heterocycles.